The van der Waals surface area contributed by atoms with Crippen LogP contribution in [0.3, 0.4) is 0 Å². The molecule has 0 aliphatic heterocycles. The van der Waals surface area contributed by atoms with E-state index in [0.29, 0.717) is 0 Å². The molecule has 0 amide bonds. The molecule has 0 aliphatic rings. The monoisotopic (exact) mass is 185 g/mol. The van der Waals surface area contributed by atoms with Crippen molar-refractivity contribution in [2.24, 2.45) is 0 Å². The van der Waals surface area contributed by atoms with Crippen molar-refractivity contribution in [2.75, 3.05) is 0 Å². The summed E-state index contributed by atoms with van der Waals surface area (Å²) in [5.74, 6) is -2.79. The SMILES string of the molecule is CCc1cc(C(C)(F)F)cnc1C. The first-order valence-corrected chi connectivity index (χ1v) is 4.29. The Morgan fingerprint density at radius 3 is 2.54 bits per heavy atom. The van der Waals surface area contributed by atoms with Crippen molar-refractivity contribution in [3.63, 3.8) is 0 Å². The molecule has 0 aromatic carbocycles. The Kier molecular flexibility index (Phi) is 2.64. The number of alkyl halides is 2. The fraction of sp³-hybridized carbons (Fsp3) is 0.500. The van der Waals surface area contributed by atoms with Crippen molar-refractivity contribution in [3.8, 4) is 0 Å². The van der Waals surface area contributed by atoms with Gasteiger partial charge in [-0.25, -0.2) is 8.78 Å². The molecule has 0 saturated carbocycles. The lowest BCUT2D eigenvalue weighted by molar-refractivity contribution is 0.0170. The van der Waals surface area contributed by atoms with Crippen LogP contribution in [0.25, 0.3) is 0 Å². The van der Waals surface area contributed by atoms with Gasteiger partial charge in [0.15, 0.2) is 0 Å². The van der Waals surface area contributed by atoms with Crippen molar-refractivity contribution in [2.45, 2.75) is 33.1 Å². The molecule has 0 unspecified atom stereocenters. The molecule has 1 aromatic heterocycles. The van der Waals surface area contributed by atoms with Crippen LogP contribution in [0.4, 0.5) is 8.78 Å². The summed E-state index contributed by atoms with van der Waals surface area (Å²) in [5.41, 5.74) is 1.71. The van der Waals surface area contributed by atoms with Crippen molar-refractivity contribution in [3.05, 3.63) is 29.1 Å². The molecule has 3 heteroatoms. The van der Waals surface area contributed by atoms with Crippen molar-refractivity contribution in [1.29, 1.82) is 0 Å². The highest BCUT2D eigenvalue weighted by atomic mass is 19.3. The second-order valence-corrected chi connectivity index (χ2v) is 3.21. The number of aryl methyl sites for hydroxylation is 2. The third-order valence-corrected chi connectivity index (χ3v) is 2.08. The quantitative estimate of drug-likeness (QED) is 0.690. The van der Waals surface area contributed by atoms with Crippen LogP contribution in [0.15, 0.2) is 12.3 Å². The van der Waals surface area contributed by atoms with E-state index in [4.69, 9.17) is 0 Å². The fourth-order valence-corrected chi connectivity index (χ4v) is 1.18. The number of aromatic nitrogens is 1. The number of pyridine rings is 1. The van der Waals surface area contributed by atoms with Gasteiger partial charge in [-0.1, -0.05) is 6.92 Å². The predicted molar refractivity (Wildman–Crippen MR) is 47.9 cm³/mol. The average molecular weight is 185 g/mol. The van der Waals surface area contributed by atoms with Gasteiger partial charge in [0.1, 0.15) is 0 Å². The van der Waals surface area contributed by atoms with Crippen LogP contribution in [0.2, 0.25) is 0 Å². The van der Waals surface area contributed by atoms with Crippen LogP contribution in [0, 0.1) is 6.92 Å². The molecule has 0 fully saturated rings. The molecule has 0 bridgehead atoms. The molecule has 1 rings (SSSR count). The van der Waals surface area contributed by atoms with Gasteiger partial charge in [0.25, 0.3) is 5.92 Å². The maximum absolute atomic E-state index is 12.9. The van der Waals surface area contributed by atoms with E-state index < -0.39 is 5.92 Å². The first-order chi connectivity index (χ1) is 5.95. The van der Waals surface area contributed by atoms with E-state index in [1.165, 1.54) is 12.3 Å². The van der Waals surface area contributed by atoms with E-state index in [2.05, 4.69) is 4.98 Å². The highest BCUT2D eigenvalue weighted by Gasteiger charge is 2.24. The summed E-state index contributed by atoms with van der Waals surface area (Å²) in [6.45, 7) is 4.65. The molecule has 13 heavy (non-hydrogen) atoms. The minimum absolute atomic E-state index is 0.00468. The molecule has 0 atom stereocenters. The molecule has 72 valence electrons. The third-order valence-electron chi connectivity index (χ3n) is 2.08. The zero-order valence-electron chi connectivity index (χ0n) is 8.06. The highest BCUT2D eigenvalue weighted by Crippen LogP contribution is 2.27. The summed E-state index contributed by atoms with van der Waals surface area (Å²) in [5, 5.41) is 0. The number of hydrogen-bond acceptors (Lipinski definition) is 1. The number of halogens is 2. The Morgan fingerprint density at radius 2 is 2.08 bits per heavy atom. The third kappa shape index (κ3) is 2.23. The molecule has 0 saturated heterocycles. The van der Waals surface area contributed by atoms with Crippen LogP contribution in [-0.2, 0) is 12.3 Å². The summed E-state index contributed by atoms with van der Waals surface area (Å²) in [6.07, 6.45) is 1.98. The van der Waals surface area contributed by atoms with E-state index in [1.54, 1.807) is 0 Å². The second-order valence-electron chi connectivity index (χ2n) is 3.21. The lowest BCUT2D eigenvalue weighted by Crippen LogP contribution is -2.09. The molecular formula is C10H13F2N. The van der Waals surface area contributed by atoms with E-state index in [0.717, 1.165) is 24.6 Å². The Morgan fingerprint density at radius 1 is 1.46 bits per heavy atom. The topological polar surface area (TPSA) is 12.9 Å². The standard InChI is InChI=1S/C10H13F2N/c1-4-8-5-9(10(3,11)12)6-13-7(8)2/h5-6H,4H2,1-3H3. The summed E-state index contributed by atoms with van der Waals surface area (Å²) >= 11 is 0. The smallest absolute Gasteiger partial charge is 0.261 e. The summed E-state index contributed by atoms with van der Waals surface area (Å²) in [6, 6.07) is 1.53. The maximum Gasteiger partial charge on any atom is 0.272 e. The Bertz CT molecular complexity index is 302. The molecule has 1 aromatic rings. The predicted octanol–water partition coefficient (Wildman–Crippen LogP) is 3.06. The van der Waals surface area contributed by atoms with Crippen molar-refractivity contribution in [1.82, 2.24) is 4.98 Å². The van der Waals surface area contributed by atoms with E-state index in [-0.39, 0.29) is 5.56 Å². The Balaban J connectivity index is 3.14. The minimum atomic E-state index is -2.79. The van der Waals surface area contributed by atoms with Gasteiger partial charge < -0.3 is 0 Å². The number of nitrogens with zero attached hydrogens (tertiary/aromatic N) is 1. The average Bonchev–Trinajstić information content (AvgIpc) is 2.03. The van der Waals surface area contributed by atoms with E-state index in [9.17, 15) is 8.78 Å². The van der Waals surface area contributed by atoms with Gasteiger partial charge >= 0.3 is 0 Å². The summed E-state index contributed by atoms with van der Waals surface area (Å²) < 4.78 is 25.7. The minimum Gasteiger partial charge on any atom is -0.261 e. The fourth-order valence-electron chi connectivity index (χ4n) is 1.18. The number of hydrogen-bond donors (Lipinski definition) is 0. The van der Waals surface area contributed by atoms with Gasteiger partial charge in [-0.05, 0) is 25.0 Å². The molecule has 0 spiro atoms. The number of rotatable bonds is 2. The van der Waals surface area contributed by atoms with Gasteiger partial charge in [-0.15, -0.1) is 0 Å². The summed E-state index contributed by atoms with van der Waals surface area (Å²) in [7, 11) is 0. The second kappa shape index (κ2) is 3.40. The molecule has 1 heterocycles. The van der Waals surface area contributed by atoms with Crippen molar-refractivity contribution >= 4 is 0 Å². The first-order valence-electron chi connectivity index (χ1n) is 4.29. The molecular weight excluding hydrogens is 172 g/mol. The Labute approximate surface area is 76.8 Å². The van der Waals surface area contributed by atoms with E-state index in [1.807, 2.05) is 13.8 Å². The van der Waals surface area contributed by atoms with Gasteiger partial charge in [-0.3, -0.25) is 4.98 Å². The van der Waals surface area contributed by atoms with Crippen LogP contribution in [0.1, 0.15) is 30.7 Å². The maximum atomic E-state index is 12.9. The van der Waals surface area contributed by atoms with Crippen LogP contribution < -0.4 is 0 Å². The molecule has 0 radical (unpaired) electrons. The Hall–Kier alpha value is -0.990. The molecule has 0 N–H and O–H groups in total. The van der Waals surface area contributed by atoms with Crippen LogP contribution in [-0.4, -0.2) is 4.98 Å². The van der Waals surface area contributed by atoms with Crippen molar-refractivity contribution < 1.29 is 8.78 Å². The van der Waals surface area contributed by atoms with Gasteiger partial charge in [-0.2, -0.15) is 0 Å². The highest BCUT2D eigenvalue weighted by molar-refractivity contribution is 5.26. The summed E-state index contributed by atoms with van der Waals surface area (Å²) in [4.78, 5) is 3.94. The van der Waals surface area contributed by atoms with Gasteiger partial charge in [0.2, 0.25) is 0 Å². The zero-order valence-corrected chi connectivity index (χ0v) is 8.06. The van der Waals surface area contributed by atoms with E-state index >= 15 is 0 Å². The van der Waals surface area contributed by atoms with Gasteiger partial charge in [0.05, 0.1) is 0 Å². The van der Waals surface area contributed by atoms with Gasteiger partial charge in [0, 0.05) is 24.4 Å². The van der Waals surface area contributed by atoms with Crippen LogP contribution >= 0.6 is 0 Å². The molecule has 1 nitrogen and oxygen atoms in total. The molecule has 0 aliphatic carbocycles. The van der Waals surface area contributed by atoms with Crippen LogP contribution in [0.5, 0.6) is 0 Å². The zero-order chi connectivity index (χ0) is 10.1. The lowest BCUT2D eigenvalue weighted by Gasteiger charge is -2.12. The lowest BCUT2D eigenvalue weighted by atomic mass is 10.1. The normalized spacial score (nSPS) is 11.8. The largest absolute Gasteiger partial charge is 0.272 e. The first kappa shape index (κ1) is 10.1.